The molecule has 0 saturated carbocycles. The molecular weight excluding hydrogens is 120 g/mol. The second kappa shape index (κ2) is 2.30. The number of hydrogen-bond donors (Lipinski definition) is 1. The highest BCUT2D eigenvalue weighted by atomic mass is 16.4. The van der Waals surface area contributed by atoms with Crippen LogP contribution in [-0.2, 0) is 11.2 Å². The maximum Gasteiger partial charge on any atom is 0.292 e. The second-order valence-corrected chi connectivity index (χ2v) is 1.55. The van der Waals surface area contributed by atoms with Crippen LogP contribution in [0.25, 0.3) is 0 Å². The molecule has 0 amide bonds. The van der Waals surface area contributed by atoms with Crippen LogP contribution in [0, 0.1) is 0 Å². The summed E-state index contributed by atoms with van der Waals surface area (Å²) in [6.45, 7) is 0. The smallest absolute Gasteiger partial charge is 0.292 e. The Balaban J connectivity index is 2.72. The number of nitrogens with zero attached hydrogens (tertiary/aromatic N) is 1. The fraction of sp³-hybridized carbons (Fsp3) is 0.200. The summed E-state index contributed by atoms with van der Waals surface area (Å²) in [6, 6.07) is 0.104. The van der Waals surface area contributed by atoms with Crippen molar-refractivity contribution in [2.24, 2.45) is 0 Å². The van der Waals surface area contributed by atoms with Crippen molar-refractivity contribution in [2.45, 2.75) is 6.42 Å². The standard InChI is InChI=1S/C5H6N2O2/c6-5-7-4(1-2-8)3-9-5/h2-3H,1H2,(H2,6,7). The van der Waals surface area contributed by atoms with E-state index in [4.69, 9.17) is 5.73 Å². The minimum Gasteiger partial charge on any atom is -0.432 e. The van der Waals surface area contributed by atoms with E-state index in [2.05, 4.69) is 9.40 Å². The van der Waals surface area contributed by atoms with Gasteiger partial charge in [-0.15, -0.1) is 0 Å². The van der Waals surface area contributed by atoms with Gasteiger partial charge in [0, 0.05) is 6.42 Å². The predicted molar refractivity (Wildman–Crippen MR) is 30.7 cm³/mol. The lowest BCUT2D eigenvalue weighted by Gasteiger charge is -1.76. The van der Waals surface area contributed by atoms with E-state index in [9.17, 15) is 4.79 Å². The van der Waals surface area contributed by atoms with Crippen molar-refractivity contribution in [3.05, 3.63) is 12.0 Å². The maximum atomic E-state index is 9.86. The minimum absolute atomic E-state index is 0.104. The van der Waals surface area contributed by atoms with Crippen LogP contribution in [0.15, 0.2) is 10.7 Å². The minimum atomic E-state index is 0.104. The normalized spacial score (nSPS) is 9.33. The molecule has 0 aromatic carbocycles. The maximum absolute atomic E-state index is 9.86. The fourth-order valence-electron chi connectivity index (χ4n) is 0.502. The van der Waals surface area contributed by atoms with Crippen LogP contribution < -0.4 is 5.73 Å². The Morgan fingerprint density at radius 2 is 2.67 bits per heavy atom. The quantitative estimate of drug-likeness (QED) is 0.566. The first-order valence-electron chi connectivity index (χ1n) is 2.46. The topological polar surface area (TPSA) is 69.1 Å². The molecule has 0 atom stereocenters. The van der Waals surface area contributed by atoms with Crippen molar-refractivity contribution >= 4 is 12.3 Å². The van der Waals surface area contributed by atoms with E-state index in [0.29, 0.717) is 5.69 Å². The molecule has 9 heavy (non-hydrogen) atoms. The number of carbonyl (C=O) groups excluding carboxylic acids is 1. The molecule has 0 aliphatic rings. The van der Waals surface area contributed by atoms with Crippen molar-refractivity contribution in [3.63, 3.8) is 0 Å². The summed E-state index contributed by atoms with van der Waals surface area (Å²) >= 11 is 0. The third kappa shape index (κ3) is 1.28. The Labute approximate surface area is 51.7 Å². The molecule has 1 heterocycles. The third-order valence-corrected chi connectivity index (χ3v) is 0.862. The Morgan fingerprint density at radius 3 is 3.11 bits per heavy atom. The van der Waals surface area contributed by atoms with Crippen molar-refractivity contribution in [1.29, 1.82) is 0 Å². The second-order valence-electron chi connectivity index (χ2n) is 1.55. The largest absolute Gasteiger partial charge is 0.432 e. The van der Waals surface area contributed by atoms with Gasteiger partial charge in [0.25, 0.3) is 6.01 Å². The van der Waals surface area contributed by atoms with E-state index in [1.807, 2.05) is 0 Å². The molecule has 0 unspecified atom stereocenters. The van der Waals surface area contributed by atoms with Crippen molar-refractivity contribution in [1.82, 2.24) is 4.98 Å². The summed E-state index contributed by atoms with van der Waals surface area (Å²) in [7, 11) is 0. The van der Waals surface area contributed by atoms with E-state index < -0.39 is 0 Å². The summed E-state index contributed by atoms with van der Waals surface area (Å²) in [6.07, 6.45) is 2.38. The van der Waals surface area contributed by atoms with E-state index in [1.54, 1.807) is 0 Å². The van der Waals surface area contributed by atoms with Crippen LogP contribution in [-0.4, -0.2) is 11.3 Å². The van der Waals surface area contributed by atoms with E-state index in [1.165, 1.54) is 6.26 Å². The van der Waals surface area contributed by atoms with Crippen LogP contribution in [0.1, 0.15) is 5.69 Å². The first-order valence-corrected chi connectivity index (χ1v) is 2.46. The van der Waals surface area contributed by atoms with Crippen LogP contribution >= 0.6 is 0 Å². The predicted octanol–water partition coefficient (Wildman–Crippen LogP) is -0.00180. The molecule has 0 fully saturated rings. The van der Waals surface area contributed by atoms with E-state index in [-0.39, 0.29) is 12.4 Å². The SMILES string of the molecule is Nc1nc(CC=O)co1. The molecule has 0 spiro atoms. The van der Waals surface area contributed by atoms with Gasteiger partial charge in [-0.2, -0.15) is 4.98 Å². The van der Waals surface area contributed by atoms with Gasteiger partial charge in [-0.25, -0.2) is 0 Å². The van der Waals surface area contributed by atoms with E-state index in [0.717, 1.165) is 6.29 Å². The highest BCUT2D eigenvalue weighted by Gasteiger charge is 1.96. The summed E-state index contributed by atoms with van der Waals surface area (Å²) in [5.74, 6) is 0. The lowest BCUT2D eigenvalue weighted by Crippen LogP contribution is -1.87. The summed E-state index contributed by atoms with van der Waals surface area (Å²) < 4.78 is 4.62. The molecule has 4 nitrogen and oxygen atoms in total. The molecule has 4 heteroatoms. The lowest BCUT2D eigenvalue weighted by atomic mass is 10.4. The summed E-state index contributed by atoms with van der Waals surface area (Å²) in [4.78, 5) is 13.5. The molecule has 0 bridgehead atoms. The van der Waals surface area contributed by atoms with Gasteiger partial charge < -0.3 is 14.9 Å². The first kappa shape index (κ1) is 5.81. The molecule has 0 aliphatic heterocycles. The Bertz CT molecular complexity index is 206. The van der Waals surface area contributed by atoms with Crippen molar-refractivity contribution in [2.75, 3.05) is 5.73 Å². The van der Waals surface area contributed by atoms with Crippen molar-refractivity contribution < 1.29 is 9.21 Å². The van der Waals surface area contributed by atoms with E-state index >= 15 is 0 Å². The van der Waals surface area contributed by atoms with Crippen LogP contribution in [0.4, 0.5) is 6.01 Å². The molecule has 0 aliphatic carbocycles. The number of hydrogen-bond acceptors (Lipinski definition) is 4. The number of rotatable bonds is 2. The highest BCUT2D eigenvalue weighted by molar-refractivity contribution is 5.53. The lowest BCUT2D eigenvalue weighted by molar-refractivity contribution is -0.107. The number of aromatic nitrogens is 1. The number of anilines is 1. The van der Waals surface area contributed by atoms with Gasteiger partial charge in [-0.1, -0.05) is 0 Å². The molecule has 0 radical (unpaired) electrons. The summed E-state index contributed by atoms with van der Waals surface area (Å²) in [5, 5.41) is 0. The molecule has 1 aromatic rings. The number of aldehydes is 1. The zero-order valence-electron chi connectivity index (χ0n) is 4.70. The van der Waals surface area contributed by atoms with Crippen LogP contribution in [0.3, 0.4) is 0 Å². The van der Waals surface area contributed by atoms with Crippen molar-refractivity contribution in [3.8, 4) is 0 Å². The van der Waals surface area contributed by atoms with Crippen LogP contribution in [0.2, 0.25) is 0 Å². The Kier molecular flexibility index (Phi) is 1.48. The summed E-state index contributed by atoms with van der Waals surface area (Å²) in [5.41, 5.74) is 5.69. The average molecular weight is 126 g/mol. The van der Waals surface area contributed by atoms with Crippen LogP contribution in [0.5, 0.6) is 0 Å². The van der Waals surface area contributed by atoms with Gasteiger partial charge in [0.15, 0.2) is 0 Å². The van der Waals surface area contributed by atoms with Gasteiger partial charge in [0.2, 0.25) is 0 Å². The Morgan fingerprint density at radius 1 is 1.89 bits per heavy atom. The molecule has 0 saturated heterocycles. The average Bonchev–Trinajstić information content (AvgIpc) is 2.17. The zero-order chi connectivity index (χ0) is 6.69. The fourth-order valence-corrected chi connectivity index (χ4v) is 0.502. The molecule has 48 valence electrons. The van der Waals surface area contributed by atoms with Gasteiger partial charge in [-0.3, -0.25) is 0 Å². The third-order valence-electron chi connectivity index (χ3n) is 0.862. The molecule has 1 aromatic heterocycles. The van der Waals surface area contributed by atoms with Gasteiger partial charge >= 0.3 is 0 Å². The zero-order valence-corrected chi connectivity index (χ0v) is 4.70. The Hall–Kier alpha value is -1.32. The first-order chi connectivity index (χ1) is 4.33. The highest BCUT2D eigenvalue weighted by Crippen LogP contribution is 2.01. The number of nitrogen functional groups attached to an aromatic ring is 1. The van der Waals surface area contributed by atoms with Gasteiger partial charge in [0.1, 0.15) is 12.5 Å². The molecular formula is C5H6N2O2. The van der Waals surface area contributed by atoms with Gasteiger partial charge in [0.05, 0.1) is 5.69 Å². The number of nitrogens with two attached hydrogens (primary N) is 1. The van der Waals surface area contributed by atoms with Gasteiger partial charge in [-0.05, 0) is 0 Å². The monoisotopic (exact) mass is 126 g/mol. The number of oxazole rings is 1. The molecule has 2 N–H and O–H groups in total. The molecule has 1 rings (SSSR count). The number of carbonyl (C=O) groups is 1.